The van der Waals surface area contributed by atoms with Gasteiger partial charge in [-0.3, -0.25) is 4.79 Å². The van der Waals surface area contributed by atoms with E-state index in [-0.39, 0.29) is 17.1 Å². The highest BCUT2D eigenvalue weighted by Gasteiger charge is 2.34. The lowest BCUT2D eigenvalue weighted by Crippen LogP contribution is -2.40. The molecule has 0 unspecified atom stereocenters. The summed E-state index contributed by atoms with van der Waals surface area (Å²) >= 11 is 13.9. The van der Waals surface area contributed by atoms with Crippen LogP contribution in [-0.2, 0) is 6.42 Å². The SMILES string of the molecule is O=C(c1cccnc1Cl)N1CCc2sccc2[C@H]1c1ccc(Cl)cc1. The van der Waals surface area contributed by atoms with Crippen LogP contribution in [0.25, 0.3) is 0 Å². The van der Waals surface area contributed by atoms with E-state index < -0.39 is 0 Å². The van der Waals surface area contributed by atoms with Gasteiger partial charge in [-0.2, -0.15) is 0 Å². The van der Waals surface area contributed by atoms with Gasteiger partial charge < -0.3 is 4.90 Å². The summed E-state index contributed by atoms with van der Waals surface area (Å²) in [6.07, 6.45) is 2.43. The van der Waals surface area contributed by atoms with Gasteiger partial charge in [-0.1, -0.05) is 35.3 Å². The van der Waals surface area contributed by atoms with E-state index in [1.807, 2.05) is 29.2 Å². The van der Waals surface area contributed by atoms with Gasteiger partial charge in [0.15, 0.2) is 0 Å². The zero-order valence-corrected chi connectivity index (χ0v) is 15.5. The van der Waals surface area contributed by atoms with Gasteiger partial charge in [0.2, 0.25) is 0 Å². The minimum Gasteiger partial charge on any atom is -0.327 e. The second-order valence-electron chi connectivity index (χ2n) is 5.84. The molecule has 0 saturated carbocycles. The lowest BCUT2D eigenvalue weighted by molar-refractivity contribution is 0.0696. The molecule has 0 spiro atoms. The first kappa shape index (κ1) is 16.6. The van der Waals surface area contributed by atoms with E-state index in [4.69, 9.17) is 23.2 Å². The van der Waals surface area contributed by atoms with Crippen LogP contribution < -0.4 is 0 Å². The predicted molar refractivity (Wildman–Crippen MR) is 102 cm³/mol. The van der Waals surface area contributed by atoms with Crippen LogP contribution in [0.3, 0.4) is 0 Å². The number of carbonyl (C=O) groups excluding carboxylic acids is 1. The van der Waals surface area contributed by atoms with Crippen LogP contribution in [0.4, 0.5) is 0 Å². The zero-order chi connectivity index (χ0) is 17.4. The molecule has 0 fully saturated rings. The van der Waals surface area contributed by atoms with E-state index in [9.17, 15) is 4.79 Å². The normalized spacial score (nSPS) is 16.6. The Hall–Kier alpha value is -1.88. The monoisotopic (exact) mass is 388 g/mol. The van der Waals surface area contributed by atoms with Crippen molar-refractivity contribution in [3.05, 3.63) is 85.8 Å². The van der Waals surface area contributed by atoms with Gasteiger partial charge in [0.1, 0.15) is 5.15 Å². The predicted octanol–water partition coefficient (Wildman–Crippen LogP) is 5.24. The summed E-state index contributed by atoms with van der Waals surface area (Å²) in [5.74, 6) is -0.102. The Balaban J connectivity index is 1.79. The molecule has 0 aliphatic carbocycles. The topological polar surface area (TPSA) is 33.2 Å². The van der Waals surface area contributed by atoms with Gasteiger partial charge in [-0.25, -0.2) is 4.98 Å². The van der Waals surface area contributed by atoms with Crippen LogP contribution in [0.15, 0.2) is 54.0 Å². The van der Waals surface area contributed by atoms with Gasteiger partial charge in [-0.15, -0.1) is 11.3 Å². The highest BCUT2D eigenvalue weighted by atomic mass is 35.5. The highest BCUT2D eigenvalue weighted by molar-refractivity contribution is 7.10. The molecule has 1 aliphatic rings. The minimum absolute atomic E-state index is 0.102. The fourth-order valence-corrected chi connectivity index (χ4v) is 4.47. The molecule has 1 aliphatic heterocycles. The van der Waals surface area contributed by atoms with Crippen LogP contribution in [0.2, 0.25) is 10.2 Å². The second kappa shape index (κ2) is 6.79. The first-order chi connectivity index (χ1) is 12.1. The van der Waals surface area contributed by atoms with Crippen molar-refractivity contribution in [2.24, 2.45) is 0 Å². The van der Waals surface area contributed by atoms with Gasteiger partial charge in [0.05, 0.1) is 11.6 Å². The summed E-state index contributed by atoms with van der Waals surface area (Å²) in [5.41, 5.74) is 2.64. The van der Waals surface area contributed by atoms with E-state index in [0.29, 0.717) is 17.1 Å². The Morgan fingerprint density at radius 2 is 1.96 bits per heavy atom. The number of aromatic nitrogens is 1. The Morgan fingerprint density at radius 1 is 1.16 bits per heavy atom. The van der Waals surface area contributed by atoms with E-state index >= 15 is 0 Å². The number of nitrogens with zero attached hydrogens (tertiary/aromatic N) is 2. The average Bonchev–Trinajstić information content (AvgIpc) is 3.10. The Bertz CT molecular complexity index is 923. The molecule has 6 heteroatoms. The first-order valence-electron chi connectivity index (χ1n) is 7.88. The van der Waals surface area contributed by atoms with Gasteiger partial charge in [0.25, 0.3) is 5.91 Å². The van der Waals surface area contributed by atoms with Crippen molar-refractivity contribution < 1.29 is 4.79 Å². The molecular formula is C19H14Cl2N2OS. The molecule has 3 aromatic rings. The summed E-state index contributed by atoms with van der Waals surface area (Å²) in [5, 5.41) is 3.00. The number of fused-ring (bicyclic) bond motifs is 1. The van der Waals surface area contributed by atoms with Crippen molar-refractivity contribution in [1.29, 1.82) is 0 Å². The van der Waals surface area contributed by atoms with Gasteiger partial charge >= 0.3 is 0 Å². The standard InChI is InChI=1S/C19H14Cl2N2OS/c20-13-5-3-12(4-6-13)17-14-8-11-25-16(14)7-10-23(17)19(24)15-2-1-9-22-18(15)21/h1-6,8-9,11,17H,7,10H2/t17-/m1/s1. The lowest BCUT2D eigenvalue weighted by Gasteiger charge is -2.36. The second-order valence-corrected chi connectivity index (χ2v) is 7.64. The molecule has 1 aromatic carbocycles. The molecule has 0 saturated heterocycles. The fraction of sp³-hybridized carbons (Fsp3) is 0.158. The number of pyridine rings is 1. The number of rotatable bonds is 2. The number of amides is 1. The van der Waals surface area contributed by atoms with Crippen molar-refractivity contribution in [3.8, 4) is 0 Å². The molecule has 4 rings (SSSR count). The summed E-state index contributed by atoms with van der Waals surface area (Å²) in [7, 11) is 0. The number of halogens is 2. The molecule has 0 bridgehead atoms. The van der Waals surface area contributed by atoms with Crippen molar-refractivity contribution in [1.82, 2.24) is 9.88 Å². The Kier molecular flexibility index (Phi) is 4.50. The van der Waals surface area contributed by atoms with Crippen LogP contribution in [0.5, 0.6) is 0 Å². The molecule has 0 radical (unpaired) electrons. The van der Waals surface area contributed by atoms with Crippen LogP contribution in [0.1, 0.15) is 32.4 Å². The summed E-state index contributed by atoms with van der Waals surface area (Å²) in [6.45, 7) is 0.644. The van der Waals surface area contributed by atoms with Crippen molar-refractivity contribution in [2.45, 2.75) is 12.5 Å². The average molecular weight is 389 g/mol. The quantitative estimate of drug-likeness (QED) is 0.562. The Labute approximate surface area is 159 Å². The number of hydrogen-bond donors (Lipinski definition) is 0. The molecule has 126 valence electrons. The highest BCUT2D eigenvalue weighted by Crippen LogP contribution is 2.39. The van der Waals surface area contributed by atoms with Crippen molar-refractivity contribution >= 4 is 40.4 Å². The Morgan fingerprint density at radius 3 is 2.72 bits per heavy atom. The van der Waals surface area contributed by atoms with E-state index in [2.05, 4.69) is 16.4 Å². The van der Waals surface area contributed by atoms with Crippen molar-refractivity contribution in [2.75, 3.05) is 6.54 Å². The number of benzene rings is 1. The summed E-state index contributed by atoms with van der Waals surface area (Å²) < 4.78 is 0. The summed E-state index contributed by atoms with van der Waals surface area (Å²) in [4.78, 5) is 20.4. The largest absolute Gasteiger partial charge is 0.327 e. The fourth-order valence-electron chi connectivity index (χ4n) is 3.24. The number of thiophene rings is 1. The molecular weight excluding hydrogens is 375 g/mol. The van der Waals surface area contributed by atoms with Crippen molar-refractivity contribution in [3.63, 3.8) is 0 Å². The zero-order valence-electron chi connectivity index (χ0n) is 13.2. The minimum atomic E-state index is -0.143. The first-order valence-corrected chi connectivity index (χ1v) is 9.52. The van der Waals surface area contributed by atoms with Crippen LogP contribution >= 0.6 is 34.5 Å². The maximum absolute atomic E-state index is 13.2. The van der Waals surface area contributed by atoms with E-state index in [0.717, 1.165) is 12.0 Å². The molecule has 1 amide bonds. The molecule has 3 nitrogen and oxygen atoms in total. The molecule has 3 heterocycles. The summed E-state index contributed by atoms with van der Waals surface area (Å²) in [6, 6.07) is 13.1. The third-order valence-electron chi connectivity index (χ3n) is 4.40. The third-order valence-corrected chi connectivity index (χ3v) is 5.95. The van der Waals surface area contributed by atoms with Crippen LogP contribution in [0, 0.1) is 0 Å². The lowest BCUT2D eigenvalue weighted by atomic mass is 9.92. The molecule has 1 atom stereocenters. The van der Waals surface area contributed by atoms with E-state index in [1.54, 1.807) is 29.7 Å². The van der Waals surface area contributed by atoms with Gasteiger partial charge in [0, 0.05) is 22.6 Å². The van der Waals surface area contributed by atoms with E-state index in [1.165, 1.54) is 10.4 Å². The maximum Gasteiger partial charge on any atom is 0.257 e. The smallest absolute Gasteiger partial charge is 0.257 e. The third kappa shape index (κ3) is 3.06. The van der Waals surface area contributed by atoms with Gasteiger partial charge in [-0.05, 0) is 53.3 Å². The maximum atomic E-state index is 13.2. The molecule has 0 N–H and O–H groups in total. The number of carbonyl (C=O) groups is 1. The molecule has 25 heavy (non-hydrogen) atoms. The van der Waals surface area contributed by atoms with Crippen LogP contribution in [-0.4, -0.2) is 22.3 Å². The number of hydrogen-bond acceptors (Lipinski definition) is 3. The molecule has 2 aromatic heterocycles.